The van der Waals surface area contributed by atoms with Gasteiger partial charge >= 0.3 is 0 Å². The van der Waals surface area contributed by atoms with Crippen LogP contribution in [0.1, 0.15) is 26.3 Å². The summed E-state index contributed by atoms with van der Waals surface area (Å²) in [5, 5.41) is 3.48. The van der Waals surface area contributed by atoms with E-state index in [1.807, 2.05) is 78.9 Å². The van der Waals surface area contributed by atoms with E-state index in [0.29, 0.717) is 22.9 Å². The van der Waals surface area contributed by atoms with Crippen LogP contribution in [0.15, 0.2) is 146 Å². The zero-order valence-electron chi connectivity index (χ0n) is 40.0. The molecule has 0 fully saturated rings. The van der Waals surface area contributed by atoms with E-state index in [-0.39, 0.29) is 11.6 Å². The Morgan fingerprint density at radius 2 is 0.494 bits per heavy atom. The van der Waals surface area contributed by atoms with Crippen LogP contribution in [0, 0.1) is 116 Å². The molecule has 0 aliphatic rings. The van der Waals surface area contributed by atoms with Crippen LogP contribution >= 0.6 is 7.26 Å². The van der Waals surface area contributed by atoms with E-state index >= 15 is 35.1 Å². The van der Waals surface area contributed by atoms with E-state index in [1.165, 1.54) is 0 Å². The zero-order chi connectivity index (χ0) is 59.2. The number of ketones is 2. The van der Waals surface area contributed by atoms with Gasteiger partial charge < -0.3 is 0 Å². The van der Waals surface area contributed by atoms with Gasteiger partial charge in [0.2, 0.25) is 5.78 Å². The summed E-state index contributed by atoms with van der Waals surface area (Å²) in [6.45, 7) is 0. The van der Waals surface area contributed by atoms with Gasteiger partial charge in [0, 0.05) is 16.7 Å². The molecule has 414 valence electrons. The summed E-state index contributed by atoms with van der Waals surface area (Å²) in [6.07, 6.45) is -6.88. The summed E-state index contributed by atoms with van der Waals surface area (Å²) in [6, 6.07) is 47.4. The molecule has 0 aromatic heterocycles. The lowest BCUT2D eigenvalue weighted by molar-refractivity contribution is 0.102. The Balaban J connectivity index is 0.000000217. The van der Waals surface area contributed by atoms with Crippen LogP contribution in [0.4, 0.5) is 87.8 Å². The molecular weight excluding hydrogens is 1140 g/mol. The quantitative estimate of drug-likeness (QED) is 0.0305. The summed E-state index contributed by atoms with van der Waals surface area (Å²) in [7, 11) is -2.31. The van der Waals surface area contributed by atoms with Gasteiger partial charge in [-0.15, -0.1) is 21.9 Å². The highest BCUT2D eigenvalue weighted by Crippen LogP contribution is 2.55. The fourth-order valence-electron chi connectivity index (χ4n) is 9.54. The number of carbonyl (C=O) groups is 2. The third-order valence-electron chi connectivity index (χ3n) is 13.2. The van der Waals surface area contributed by atoms with Gasteiger partial charge in [-0.2, -0.15) is 0 Å². The van der Waals surface area contributed by atoms with E-state index in [2.05, 4.69) is 36.4 Å². The van der Waals surface area contributed by atoms with Crippen LogP contribution in [0.2, 0.25) is 0 Å². The van der Waals surface area contributed by atoms with Gasteiger partial charge in [0.1, 0.15) is 82.0 Å². The van der Waals surface area contributed by atoms with E-state index in [0.717, 1.165) is 15.9 Å². The standard InChI is InChI=1S/C33H26O2P.C24BF20/c34-32(27-16-13-17-28(24-27)33(35)26-14-5-1-6-15-26)25-36(29-18-7-2-8-19-29,30-20-9-3-10-21-30)31-22-11-4-12-23-31;26-5-1(6(27)14(35)21(42)13(5)34)25(2-7(28)15(36)22(43)16(37)8(2)29,3-9(30)17(38)23(44)18(39)10(3)31)4-11(32)19(40)24(45)20(41)12(4)33/h1-24H,25H2;/q+1;-1. The minimum absolute atomic E-state index is 0.0302. The fraction of sp³-hybridized carbons (Fsp3) is 0.0175. The van der Waals surface area contributed by atoms with E-state index in [1.54, 1.807) is 30.3 Å². The number of halogens is 20. The summed E-state index contributed by atoms with van der Waals surface area (Å²) in [4.78, 5) is 27.1. The van der Waals surface area contributed by atoms with Crippen LogP contribution in [-0.4, -0.2) is 23.9 Å². The Labute approximate surface area is 443 Å². The van der Waals surface area contributed by atoms with Gasteiger partial charge in [0.15, 0.2) is 75.6 Å². The fourth-order valence-corrected chi connectivity index (χ4v) is 13.6. The van der Waals surface area contributed by atoms with Crippen LogP contribution in [0.25, 0.3) is 0 Å². The first-order valence-corrected chi connectivity index (χ1v) is 24.9. The highest BCUT2D eigenvalue weighted by atomic mass is 31.2. The maximum atomic E-state index is 15.4. The van der Waals surface area contributed by atoms with Gasteiger partial charge in [-0.25, -0.2) is 87.8 Å². The first-order chi connectivity index (χ1) is 38.4. The molecule has 0 atom stereocenters. The Hall–Kier alpha value is -8.59. The molecule has 0 N–H and O–H groups in total. The number of hydrogen-bond acceptors (Lipinski definition) is 2. The molecule has 0 aliphatic carbocycles. The molecule has 2 nitrogen and oxygen atoms in total. The molecule has 0 unspecified atom stereocenters. The Kier molecular flexibility index (Phi) is 16.5. The molecule has 0 saturated carbocycles. The second-order valence-corrected chi connectivity index (χ2v) is 21.0. The van der Waals surface area contributed by atoms with E-state index < -0.39 is 152 Å². The van der Waals surface area contributed by atoms with Crippen LogP contribution < -0.4 is 37.8 Å². The molecule has 0 radical (unpaired) electrons. The number of hydrogen-bond donors (Lipinski definition) is 0. The highest BCUT2D eigenvalue weighted by Gasteiger charge is 2.53. The predicted molar refractivity (Wildman–Crippen MR) is 260 cm³/mol. The third-order valence-corrected chi connectivity index (χ3v) is 17.5. The average molecular weight is 1160 g/mol. The van der Waals surface area contributed by atoms with Crippen molar-refractivity contribution in [2.75, 3.05) is 6.16 Å². The van der Waals surface area contributed by atoms with Gasteiger partial charge in [-0.3, -0.25) is 9.59 Å². The zero-order valence-corrected chi connectivity index (χ0v) is 40.9. The second-order valence-electron chi connectivity index (χ2n) is 17.5. The lowest BCUT2D eigenvalue weighted by Gasteiger charge is -2.44. The van der Waals surface area contributed by atoms with Crippen molar-refractivity contribution in [1.82, 2.24) is 0 Å². The SMILES string of the molecule is Fc1c(F)c(F)c([B-](c2c(F)c(F)c(F)c(F)c2F)(c2c(F)c(F)c(F)c(F)c2F)c2c(F)c(F)c(F)c(F)c2F)c(F)c1F.O=C(C[P+](c1ccccc1)(c1ccccc1)c1ccccc1)c1cccc(C(=O)c2ccccc2)c1. The molecule has 0 heterocycles. The highest BCUT2D eigenvalue weighted by molar-refractivity contribution is 7.96. The summed E-state index contributed by atoms with van der Waals surface area (Å²) >= 11 is 0. The van der Waals surface area contributed by atoms with Crippen molar-refractivity contribution in [2.24, 2.45) is 0 Å². The lowest BCUT2D eigenvalue weighted by Crippen LogP contribution is -2.81. The average Bonchev–Trinajstić information content (AvgIpc) is 3.64. The molecule has 9 rings (SSSR count). The molecule has 9 aromatic carbocycles. The number of carbonyl (C=O) groups excluding carboxylic acids is 2. The van der Waals surface area contributed by atoms with Crippen molar-refractivity contribution in [3.63, 3.8) is 0 Å². The normalized spacial score (nSPS) is 11.6. The van der Waals surface area contributed by atoms with Gasteiger partial charge in [0.25, 0.3) is 0 Å². The Morgan fingerprint density at radius 1 is 0.272 bits per heavy atom. The van der Waals surface area contributed by atoms with Crippen LogP contribution in [0.3, 0.4) is 0 Å². The molecular formula is C57H26BF20O2P. The second kappa shape index (κ2) is 22.9. The molecule has 0 amide bonds. The van der Waals surface area contributed by atoms with E-state index in [9.17, 15) is 62.3 Å². The maximum Gasteiger partial charge on any atom is 0.201 e. The molecule has 0 aliphatic heterocycles. The van der Waals surface area contributed by atoms with Crippen molar-refractivity contribution >= 4 is 62.7 Å². The first kappa shape index (κ1) is 58.6. The Morgan fingerprint density at radius 3 is 0.765 bits per heavy atom. The minimum atomic E-state index is -7.22. The van der Waals surface area contributed by atoms with Crippen LogP contribution in [-0.2, 0) is 0 Å². The molecule has 0 spiro atoms. The minimum Gasteiger partial charge on any atom is -0.290 e. The van der Waals surface area contributed by atoms with Crippen molar-refractivity contribution in [1.29, 1.82) is 0 Å². The summed E-state index contributed by atoms with van der Waals surface area (Å²) < 4.78 is 294. The van der Waals surface area contributed by atoms with E-state index in [4.69, 9.17) is 0 Å². The molecule has 9 aromatic rings. The molecule has 81 heavy (non-hydrogen) atoms. The number of benzene rings is 9. The van der Waals surface area contributed by atoms with Crippen molar-refractivity contribution in [3.05, 3.63) is 279 Å². The van der Waals surface area contributed by atoms with Crippen molar-refractivity contribution in [3.8, 4) is 0 Å². The molecule has 0 bridgehead atoms. The van der Waals surface area contributed by atoms with Gasteiger partial charge in [-0.1, -0.05) is 103 Å². The maximum absolute atomic E-state index is 15.4. The smallest absolute Gasteiger partial charge is 0.201 e. The summed E-state index contributed by atoms with van der Waals surface area (Å²) in [5.41, 5.74) is -12.6. The molecule has 24 heteroatoms. The van der Waals surface area contributed by atoms with Gasteiger partial charge in [-0.05, 0) is 42.5 Å². The topological polar surface area (TPSA) is 34.1 Å². The van der Waals surface area contributed by atoms with Gasteiger partial charge in [0.05, 0.1) is 0 Å². The predicted octanol–water partition coefficient (Wildman–Crippen LogP) is 11.9. The number of Topliss-reactive ketones (excluding diaryl/α,β-unsaturated/α-hetero) is 1. The van der Waals surface area contributed by atoms with Crippen LogP contribution in [0.5, 0.6) is 0 Å². The largest absolute Gasteiger partial charge is 0.290 e. The Bertz CT molecular complexity index is 3470. The first-order valence-electron chi connectivity index (χ1n) is 22.9. The third kappa shape index (κ3) is 9.69. The molecule has 0 saturated heterocycles. The monoisotopic (exact) mass is 1160 g/mol. The van der Waals surface area contributed by atoms with Crippen molar-refractivity contribution < 1.29 is 97.4 Å². The lowest BCUT2D eigenvalue weighted by atomic mass is 9.12. The number of rotatable bonds is 12. The summed E-state index contributed by atoms with van der Waals surface area (Å²) in [5.74, 6) is -71.5. The van der Waals surface area contributed by atoms with Crippen molar-refractivity contribution in [2.45, 2.75) is 0 Å².